The van der Waals surface area contributed by atoms with Gasteiger partial charge in [-0.15, -0.1) is 0 Å². The summed E-state index contributed by atoms with van der Waals surface area (Å²) in [5.74, 6) is 1.36. The molecule has 0 N–H and O–H groups in total. The van der Waals surface area contributed by atoms with Crippen LogP contribution in [0.25, 0.3) is 11.1 Å². The zero-order valence-corrected chi connectivity index (χ0v) is 23.1. The van der Waals surface area contributed by atoms with E-state index in [0.29, 0.717) is 5.92 Å². The number of aryl methyl sites for hydroxylation is 1. The lowest BCUT2D eigenvalue weighted by Crippen LogP contribution is -2.26. The van der Waals surface area contributed by atoms with E-state index in [4.69, 9.17) is 9.97 Å². The maximum absolute atomic E-state index is 9.93. The molecule has 0 radical (unpaired) electrons. The monoisotopic (exact) mass is 487 g/mol. The Morgan fingerprint density at radius 3 is 1.89 bits per heavy atom. The van der Waals surface area contributed by atoms with Crippen molar-refractivity contribution in [3.63, 3.8) is 0 Å². The number of unbranched alkanes of at least 4 members (excludes halogenated alkanes) is 10. The topological polar surface area (TPSA) is 49.6 Å². The molecule has 3 heteroatoms. The molecule has 1 saturated carbocycles. The van der Waals surface area contributed by atoms with E-state index in [-0.39, 0.29) is 5.41 Å². The summed E-state index contributed by atoms with van der Waals surface area (Å²) >= 11 is 0. The van der Waals surface area contributed by atoms with Crippen molar-refractivity contribution in [2.75, 3.05) is 0 Å². The molecule has 1 aromatic heterocycles. The van der Waals surface area contributed by atoms with Crippen LogP contribution in [0.2, 0.25) is 0 Å². The van der Waals surface area contributed by atoms with E-state index < -0.39 is 0 Å². The fourth-order valence-electron chi connectivity index (χ4n) is 5.76. The first kappa shape index (κ1) is 28.4. The molecule has 0 unspecified atom stereocenters. The van der Waals surface area contributed by atoms with Gasteiger partial charge in [0.1, 0.15) is 5.82 Å². The molecule has 196 valence electrons. The van der Waals surface area contributed by atoms with E-state index in [2.05, 4.69) is 44.2 Å². The summed E-state index contributed by atoms with van der Waals surface area (Å²) in [6.07, 6.45) is 26.1. The first-order chi connectivity index (χ1) is 17.7. The second kappa shape index (κ2) is 15.8. The molecule has 0 atom stereocenters. The maximum Gasteiger partial charge on any atom is 0.131 e. The van der Waals surface area contributed by atoms with Crippen molar-refractivity contribution in [1.82, 2.24) is 9.97 Å². The van der Waals surface area contributed by atoms with Crippen molar-refractivity contribution in [2.45, 2.75) is 135 Å². The average molecular weight is 488 g/mol. The van der Waals surface area contributed by atoms with Crippen LogP contribution in [0, 0.1) is 16.7 Å². The summed E-state index contributed by atoms with van der Waals surface area (Å²) in [4.78, 5) is 9.54. The third-order valence-electron chi connectivity index (χ3n) is 8.33. The van der Waals surface area contributed by atoms with Crippen LogP contribution in [0.15, 0.2) is 36.7 Å². The zero-order valence-electron chi connectivity index (χ0n) is 23.1. The molecule has 36 heavy (non-hydrogen) atoms. The molecule has 1 aromatic carbocycles. The van der Waals surface area contributed by atoms with Gasteiger partial charge in [0.05, 0.1) is 11.5 Å². The van der Waals surface area contributed by atoms with E-state index in [1.54, 1.807) is 0 Å². The third kappa shape index (κ3) is 9.02. The van der Waals surface area contributed by atoms with Crippen molar-refractivity contribution in [2.24, 2.45) is 5.41 Å². The summed E-state index contributed by atoms with van der Waals surface area (Å²) in [5.41, 5.74) is 3.60. The molecule has 3 rings (SSSR count). The van der Waals surface area contributed by atoms with Gasteiger partial charge in [-0.3, -0.25) is 0 Å². The minimum atomic E-state index is -0.113. The molecule has 1 aliphatic carbocycles. The first-order valence-electron chi connectivity index (χ1n) is 15.0. The SMILES string of the molecule is CCCCCCCCc1ccc(-c2cnc(C3CCC(C#N)(CCCCCCCC)CC3)nc2)cc1. The fraction of sp³-hybridized carbons (Fsp3) is 0.667. The van der Waals surface area contributed by atoms with E-state index >= 15 is 0 Å². The fourth-order valence-corrected chi connectivity index (χ4v) is 5.76. The molecule has 0 saturated heterocycles. The van der Waals surface area contributed by atoms with Crippen LogP contribution in [0.3, 0.4) is 0 Å². The minimum Gasteiger partial charge on any atom is -0.240 e. The highest BCUT2D eigenvalue weighted by atomic mass is 14.9. The van der Waals surface area contributed by atoms with Crippen LogP contribution in [0.4, 0.5) is 0 Å². The highest BCUT2D eigenvalue weighted by molar-refractivity contribution is 5.61. The highest BCUT2D eigenvalue weighted by Crippen LogP contribution is 2.45. The molecular formula is C33H49N3. The van der Waals surface area contributed by atoms with Gasteiger partial charge in [0, 0.05) is 23.9 Å². The van der Waals surface area contributed by atoms with Crippen molar-refractivity contribution in [3.05, 3.63) is 48.0 Å². The molecule has 0 aliphatic heterocycles. The number of hydrogen-bond donors (Lipinski definition) is 0. The maximum atomic E-state index is 9.93. The van der Waals surface area contributed by atoms with Gasteiger partial charge in [0.25, 0.3) is 0 Å². The summed E-state index contributed by atoms with van der Waals surface area (Å²) in [7, 11) is 0. The molecule has 2 aromatic rings. The largest absolute Gasteiger partial charge is 0.240 e. The standard InChI is InChI=1S/C33H49N3/c1-3-5-7-9-11-13-15-28-16-18-29(19-17-28)31-25-35-32(36-26-31)30-20-23-33(27-34,24-21-30)22-14-12-10-8-6-4-2/h16-19,25-26,30H,3-15,20-24H2,1-2H3. The van der Waals surface area contributed by atoms with E-state index in [9.17, 15) is 5.26 Å². The second-order valence-corrected chi connectivity index (χ2v) is 11.2. The van der Waals surface area contributed by atoms with Gasteiger partial charge in [0.15, 0.2) is 0 Å². The summed E-state index contributed by atoms with van der Waals surface area (Å²) in [5, 5.41) is 9.93. The van der Waals surface area contributed by atoms with Gasteiger partial charge in [-0.05, 0) is 56.1 Å². The molecule has 1 fully saturated rings. The Morgan fingerprint density at radius 1 is 0.750 bits per heavy atom. The van der Waals surface area contributed by atoms with Crippen LogP contribution in [0.1, 0.15) is 140 Å². The first-order valence-corrected chi connectivity index (χ1v) is 15.0. The Kier molecular flexibility index (Phi) is 12.5. The molecule has 0 amide bonds. The smallest absolute Gasteiger partial charge is 0.131 e. The van der Waals surface area contributed by atoms with Gasteiger partial charge in [0.2, 0.25) is 0 Å². The lowest BCUT2D eigenvalue weighted by atomic mass is 9.68. The van der Waals surface area contributed by atoms with Gasteiger partial charge < -0.3 is 0 Å². The van der Waals surface area contributed by atoms with E-state index in [1.165, 1.54) is 94.6 Å². The molecule has 0 bridgehead atoms. The third-order valence-corrected chi connectivity index (χ3v) is 8.33. The highest BCUT2D eigenvalue weighted by Gasteiger charge is 2.36. The Bertz CT molecular complexity index is 886. The van der Waals surface area contributed by atoms with Crippen molar-refractivity contribution >= 4 is 0 Å². The van der Waals surface area contributed by atoms with Crippen LogP contribution >= 0.6 is 0 Å². The summed E-state index contributed by atoms with van der Waals surface area (Å²) in [6, 6.07) is 11.7. The van der Waals surface area contributed by atoms with Crippen molar-refractivity contribution < 1.29 is 0 Å². The quantitative estimate of drug-likeness (QED) is 0.221. The van der Waals surface area contributed by atoms with Crippen LogP contribution < -0.4 is 0 Å². The number of benzene rings is 1. The van der Waals surface area contributed by atoms with Crippen LogP contribution in [-0.4, -0.2) is 9.97 Å². The number of nitriles is 1. The Balaban J connectivity index is 1.44. The van der Waals surface area contributed by atoms with Crippen LogP contribution in [0.5, 0.6) is 0 Å². The molecule has 3 nitrogen and oxygen atoms in total. The molecular weight excluding hydrogens is 438 g/mol. The van der Waals surface area contributed by atoms with Crippen molar-refractivity contribution in [3.8, 4) is 17.2 Å². The Morgan fingerprint density at radius 2 is 1.31 bits per heavy atom. The van der Waals surface area contributed by atoms with Crippen LogP contribution in [-0.2, 0) is 6.42 Å². The number of nitrogens with zero attached hydrogens (tertiary/aromatic N) is 3. The van der Waals surface area contributed by atoms with Gasteiger partial charge in [-0.2, -0.15) is 5.26 Å². The second-order valence-electron chi connectivity index (χ2n) is 11.2. The predicted octanol–water partition coefficient (Wildman–Crippen LogP) is 9.96. The zero-order chi connectivity index (χ0) is 25.5. The average Bonchev–Trinajstić information content (AvgIpc) is 2.93. The van der Waals surface area contributed by atoms with Gasteiger partial charge >= 0.3 is 0 Å². The Hall–Kier alpha value is -2.21. The minimum absolute atomic E-state index is 0.113. The summed E-state index contributed by atoms with van der Waals surface area (Å²) < 4.78 is 0. The molecule has 0 spiro atoms. The van der Waals surface area contributed by atoms with Crippen molar-refractivity contribution in [1.29, 1.82) is 5.26 Å². The lowest BCUT2D eigenvalue weighted by Gasteiger charge is -2.34. The van der Waals surface area contributed by atoms with E-state index in [1.807, 2.05) is 12.4 Å². The van der Waals surface area contributed by atoms with E-state index in [0.717, 1.165) is 43.5 Å². The molecule has 1 aliphatic rings. The van der Waals surface area contributed by atoms with Gasteiger partial charge in [-0.25, -0.2) is 9.97 Å². The number of rotatable bonds is 16. The van der Waals surface area contributed by atoms with Gasteiger partial charge in [-0.1, -0.05) is 109 Å². The Labute approximate surface area is 221 Å². The number of aromatic nitrogens is 2. The summed E-state index contributed by atoms with van der Waals surface area (Å²) in [6.45, 7) is 4.53. The lowest BCUT2D eigenvalue weighted by molar-refractivity contribution is 0.219. The predicted molar refractivity (Wildman–Crippen MR) is 152 cm³/mol. The number of hydrogen-bond acceptors (Lipinski definition) is 3. The normalized spacial score (nSPS) is 19.8. The molecule has 1 heterocycles.